The van der Waals surface area contributed by atoms with Crippen LogP contribution in [-0.2, 0) is 22.4 Å². The number of hydrogen-bond donors (Lipinski definition) is 2. The lowest BCUT2D eigenvalue weighted by atomic mass is 10.1. The fraction of sp³-hybridized carbons (Fsp3) is 0.478. The maximum atomic E-state index is 12.9. The summed E-state index contributed by atoms with van der Waals surface area (Å²) in [6, 6.07) is 5.76. The van der Waals surface area contributed by atoms with Crippen molar-refractivity contribution in [2.24, 2.45) is 0 Å². The van der Waals surface area contributed by atoms with Gasteiger partial charge in [0.05, 0.1) is 11.7 Å². The number of anilines is 1. The Kier molecular flexibility index (Phi) is 6.39. The van der Waals surface area contributed by atoms with Gasteiger partial charge in [-0.2, -0.15) is 0 Å². The average molecular weight is 429 g/mol. The molecule has 1 atom stereocenters. The van der Waals surface area contributed by atoms with E-state index in [1.54, 1.807) is 0 Å². The van der Waals surface area contributed by atoms with E-state index in [2.05, 4.69) is 10.6 Å². The second-order valence-electron chi connectivity index (χ2n) is 7.99. The van der Waals surface area contributed by atoms with E-state index in [9.17, 15) is 9.59 Å². The second-order valence-corrected chi connectivity index (χ2v) is 9.09. The van der Waals surface area contributed by atoms with Gasteiger partial charge in [-0.15, -0.1) is 11.3 Å². The zero-order valence-corrected chi connectivity index (χ0v) is 18.3. The molecule has 2 heterocycles. The maximum absolute atomic E-state index is 12.9. The number of aryl methyl sites for hydroxylation is 3. The van der Waals surface area contributed by atoms with E-state index in [4.69, 9.17) is 9.47 Å². The maximum Gasteiger partial charge on any atom is 0.262 e. The molecule has 1 aliphatic carbocycles. The molecule has 0 spiro atoms. The summed E-state index contributed by atoms with van der Waals surface area (Å²) >= 11 is 1.51. The first kappa shape index (κ1) is 20.9. The van der Waals surface area contributed by atoms with Crippen LogP contribution in [-0.4, -0.2) is 37.7 Å². The lowest BCUT2D eigenvalue weighted by Crippen LogP contribution is -2.32. The number of thiophene rings is 1. The molecule has 0 saturated carbocycles. The second kappa shape index (κ2) is 9.18. The van der Waals surface area contributed by atoms with Gasteiger partial charge in [-0.25, -0.2) is 0 Å². The summed E-state index contributed by atoms with van der Waals surface area (Å²) in [7, 11) is 0. The van der Waals surface area contributed by atoms with Gasteiger partial charge in [0.25, 0.3) is 11.8 Å². The fourth-order valence-electron chi connectivity index (χ4n) is 3.95. The van der Waals surface area contributed by atoms with Crippen LogP contribution in [0.15, 0.2) is 18.2 Å². The van der Waals surface area contributed by atoms with Crippen molar-refractivity contribution in [3.05, 3.63) is 45.3 Å². The Hall–Kier alpha value is -2.38. The normalized spacial score (nSPS) is 17.6. The van der Waals surface area contributed by atoms with Crippen molar-refractivity contribution in [3.8, 4) is 5.75 Å². The smallest absolute Gasteiger partial charge is 0.262 e. The number of hydrogen-bond acceptors (Lipinski definition) is 5. The summed E-state index contributed by atoms with van der Waals surface area (Å²) in [5.74, 6) is 0.271. The van der Waals surface area contributed by atoms with Crippen molar-refractivity contribution in [1.82, 2.24) is 5.32 Å². The van der Waals surface area contributed by atoms with Crippen LogP contribution in [0.5, 0.6) is 5.75 Å². The van der Waals surface area contributed by atoms with Crippen LogP contribution in [0.2, 0.25) is 0 Å². The van der Waals surface area contributed by atoms with Crippen LogP contribution in [0.25, 0.3) is 0 Å². The molecule has 2 N–H and O–H groups in total. The van der Waals surface area contributed by atoms with E-state index >= 15 is 0 Å². The predicted molar refractivity (Wildman–Crippen MR) is 118 cm³/mol. The Labute approximate surface area is 181 Å². The van der Waals surface area contributed by atoms with Gasteiger partial charge < -0.3 is 20.1 Å². The Balaban J connectivity index is 1.41. The Morgan fingerprint density at radius 3 is 2.83 bits per heavy atom. The van der Waals surface area contributed by atoms with Gasteiger partial charge in [-0.3, -0.25) is 9.59 Å². The largest absolute Gasteiger partial charge is 0.484 e. The molecule has 1 saturated heterocycles. The van der Waals surface area contributed by atoms with Crippen molar-refractivity contribution in [3.63, 3.8) is 0 Å². The third kappa shape index (κ3) is 4.68. The third-order valence-electron chi connectivity index (χ3n) is 5.76. The molecule has 1 aromatic carbocycles. The van der Waals surface area contributed by atoms with E-state index in [0.717, 1.165) is 49.8 Å². The third-order valence-corrected chi connectivity index (χ3v) is 6.97. The van der Waals surface area contributed by atoms with Crippen molar-refractivity contribution < 1.29 is 19.1 Å². The molecule has 0 unspecified atom stereocenters. The van der Waals surface area contributed by atoms with Crippen molar-refractivity contribution in [2.45, 2.75) is 52.1 Å². The predicted octanol–water partition coefficient (Wildman–Crippen LogP) is 3.78. The minimum atomic E-state index is -0.263. The van der Waals surface area contributed by atoms with Crippen molar-refractivity contribution in [2.75, 3.05) is 25.1 Å². The van der Waals surface area contributed by atoms with Gasteiger partial charge in [-0.1, -0.05) is 6.07 Å². The Bertz CT molecular complexity index is 947. The van der Waals surface area contributed by atoms with Crippen molar-refractivity contribution >= 4 is 28.2 Å². The van der Waals surface area contributed by atoms with Crippen LogP contribution in [0.4, 0.5) is 5.00 Å². The van der Waals surface area contributed by atoms with Crippen LogP contribution < -0.4 is 15.4 Å². The minimum Gasteiger partial charge on any atom is -0.484 e. The number of fused-ring (bicyclic) bond motifs is 1. The molecular formula is C23H28N2O4S. The van der Waals surface area contributed by atoms with Gasteiger partial charge >= 0.3 is 0 Å². The molecule has 1 aromatic heterocycles. The van der Waals surface area contributed by atoms with Crippen LogP contribution >= 0.6 is 11.3 Å². The van der Waals surface area contributed by atoms with Gasteiger partial charge in [0, 0.05) is 18.0 Å². The SMILES string of the molecule is Cc1ccc(OCC(=O)Nc2sc3c(c2C(=O)NC[C@@H]2CCCO2)CCC3)cc1C. The summed E-state index contributed by atoms with van der Waals surface area (Å²) in [6.07, 6.45) is 4.99. The number of carbonyl (C=O) groups excluding carboxylic acids is 2. The zero-order chi connectivity index (χ0) is 21.1. The van der Waals surface area contributed by atoms with Crippen LogP contribution in [0.1, 0.15) is 51.2 Å². The molecule has 0 radical (unpaired) electrons. The highest BCUT2D eigenvalue weighted by Gasteiger charge is 2.28. The molecule has 6 nitrogen and oxygen atoms in total. The molecular weight excluding hydrogens is 400 g/mol. The zero-order valence-electron chi connectivity index (χ0n) is 17.5. The van der Waals surface area contributed by atoms with E-state index in [1.807, 2.05) is 32.0 Å². The van der Waals surface area contributed by atoms with Crippen molar-refractivity contribution in [1.29, 1.82) is 0 Å². The number of rotatable bonds is 7. The summed E-state index contributed by atoms with van der Waals surface area (Å²) in [4.78, 5) is 26.7. The Morgan fingerprint density at radius 2 is 2.07 bits per heavy atom. The first-order valence-electron chi connectivity index (χ1n) is 10.6. The van der Waals surface area contributed by atoms with E-state index in [0.29, 0.717) is 22.9 Å². The first-order valence-corrected chi connectivity index (χ1v) is 11.4. The molecule has 1 fully saturated rings. The first-order chi connectivity index (χ1) is 14.5. The molecule has 30 heavy (non-hydrogen) atoms. The van der Waals surface area contributed by atoms with E-state index in [1.165, 1.54) is 21.8 Å². The fourth-order valence-corrected chi connectivity index (χ4v) is 5.25. The number of nitrogens with one attached hydrogen (secondary N) is 2. The van der Waals surface area contributed by atoms with Crippen LogP contribution in [0, 0.1) is 13.8 Å². The monoisotopic (exact) mass is 428 g/mol. The molecule has 2 aliphatic rings. The van der Waals surface area contributed by atoms with Gasteiger partial charge in [0.15, 0.2) is 6.61 Å². The topological polar surface area (TPSA) is 76.7 Å². The number of benzene rings is 1. The summed E-state index contributed by atoms with van der Waals surface area (Å²) in [5, 5.41) is 6.53. The molecule has 2 aromatic rings. The summed E-state index contributed by atoms with van der Waals surface area (Å²) in [5.41, 5.74) is 3.99. The van der Waals surface area contributed by atoms with Crippen LogP contribution in [0.3, 0.4) is 0 Å². The lowest BCUT2D eigenvalue weighted by molar-refractivity contribution is -0.118. The van der Waals surface area contributed by atoms with E-state index < -0.39 is 0 Å². The molecule has 4 rings (SSSR count). The standard InChI is InChI=1S/C23H28N2O4S/c1-14-8-9-16(11-15(14)2)29-13-20(26)25-23-21(18-6-3-7-19(18)30-23)22(27)24-12-17-5-4-10-28-17/h8-9,11,17H,3-7,10,12-13H2,1-2H3,(H,24,27)(H,25,26)/t17-/m0/s1. The number of ether oxygens (including phenoxy) is 2. The summed E-state index contributed by atoms with van der Waals surface area (Å²) < 4.78 is 11.2. The highest BCUT2D eigenvalue weighted by Crippen LogP contribution is 2.39. The number of amides is 2. The molecule has 160 valence electrons. The minimum absolute atomic E-state index is 0.0880. The lowest BCUT2D eigenvalue weighted by Gasteiger charge is -2.13. The average Bonchev–Trinajstić information content (AvgIpc) is 3.44. The molecule has 1 aliphatic heterocycles. The molecule has 2 amide bonds. The van der Waals surface area contributed by atoms with Gasteiger partial charge in [0.2, 0.25) is 0 Å². The molecule has 0 bridgehead atoms. The van der Waals surface area contributed by atoms with Gasteiger partial charge in [0.1, 0.15) is 10.8 Å². The molecule has 7 heteroatoms. The number of carbonyl (C=O) groups is 2. The van der Waals surface area contributed by atoms with Gasteiger partial charge in [-0.05, 0) is 74.8 Å². The highest BCUT2D eigenvalue weighted by atomic mass is 32.1. The van der Waals surface area contributed by atoms with E-state index in [-0.39, 0.29) is 24.5 Å². The Morgan fingerprint density at radius 1 is 1.20 bits per heavy atom. The highest BCUT2D eigenvalue weighted by molar-refractivity contribution is 7.17. The quantitative estimate of drug-likeness (QED) is 0.704. The summed E-state index contributed by atoms with van der Waals surface area (Å²) in [6.45, 7) is 5.22.